The van der Waals surface area contributed by atoms with Crippen LogP contribution in [0.1, 0.15) is 49.2 Å². The number of fused-ring (bicyclic) bond motifs is 1. The highest BCUT2D eigenvalue weighted by atomic mass is 16.5. The van der Waals surface area contributed by atoms with Crippen molar-refractivity contribution < 1.29 is 9.53 Å². The molecule has 2 aromatic rings. The lowest BCUT2D eigenvalue weighted by Crippen LogP contribution is -2.38. The zero-order chi connectivity index (χ0) is 15.7. The molecule has 0 aliphatic carbocycles. The number of hydrogen-bond donors (Lipinski definition) is 1. The monoisotopic (exact) mass is 299 g/mol. The van der Waals surface area contributed by atoms with E-state index in [1.807, 2.05) is 22.9 Å². The average Bonchev–Trinajstić information content (AvgIpc) is 2.93. The number of anilines is 1. The Morgan fingerprint density at radius 2 is 2.14 bits per heavy atom. The summed E-state index contributed by atoms with van der Waals surface area (Å²) >= 11 is 0. The molecular formula is C17H21N3O2. The SMILES string of the molecule is CCOC(=O)c1cnn2c1N[C@@H](c1ccccc1)CC2(C)C. The average molecular weight is 299 g/mol. The van der Waals surface area contributed by atoms with Gasteiger partial charge in [-0.05, 0) is 32.8 Å². The van der Waals surface area contributed by atoms with Gasteiger partial charge in [0, 0.05) is 0 Å². The molecule has 0 spiro atoms. The molecule has 5 heteroatoms. The third-order valence-electron chi connectivity index (χ3n) is 4.05. The molecule has 0 fully saturated rings. The van der Waals surface area contributed by atoms with Crippen molar-refractivity contribution in [2.24, 2.45) is 0 Å². The van der Waals surface area contributed by atoms with Crippen LogP contribution in [0.5, 0.6) is 0 Å². The molecule has 1 aromatic heterocycles. The molecule has 22 heavy (non-hydrogen) atoms. The van der Waals surface area contributed by atoms with Crippen molar-refractivity contribution >= 4 is 11.8 Å². The molecule has 1 aliphatic heterocycles. The predicted octanol–water partition coefficient (Wildman–Crippen LogP) is 3.35. The number of nitrogens with zero attached hydrogens (tertiary/aromatic N) is 2. The molecule has 1 atom stereocenters. The molecule has 0 amide bonds. The predicted molar refractivity (Wildman–Crippen MR) is 84.9 cm³/mol. The first kappa shape index (κ1) is 14.6. The fourth-order valence-electron chi connectivity index (χ4n) is 2.99. The van der Waals surface area contributed by atoms with Crippen LogP contribution in [0.2, 0.25) is 0 Å². The van der Waals surface area contributed by atoms with Gasteiger partial charge >= 0.3 is 5.97 Å². The Bertz CT molecular complexity index is 676. The molecular weight excluding hydrogens is 278 g/mol. The lowest BCUT2D eigenvalue weighted by molar-refractivity contribution is 0.0527. The maximum absolute atomic E-state index is 12.1. The largest absolute Gasteiger partial charge is 0.462 e. The van der Waals surface area contributed by atoms with Gasteiger partial charge in [-0.1, -0.05) is 30.3 Å². The summed E-state index contributed by atoms with van der Waals surface area (Å²) in [6.07, 6.45) is 2.49. The van der Waals surface area contributed by atoms with Crippen molar-refractivity contribution in [2.75, 3.05) is 11.9 Å². The summed E-state index contributed by atoms with van der Waals surface area (Å²) in [5.74, 6) is 0.407. The van der Waals surface area contributed by atoms with Gasteiger partial charge in [-0.25, -0.2) is 9.48 Å². The molecule has 0 saturated heterocycles. The van der Waals surface area contributed by atoms with Crippen molar-refractivity contribution in [1.82, 2.24) is 9.78 Å². The summed E-state index contributed by atoms with van der Waals surface area (Å²) in [5, 5.41) is 7.85. The van der Waals surface area contributed by atoms with E-state index in [2.05, 4.69) is 36.4 Å². The summed E-state index contributed by atoms with van der Waals surface area (Å²) < 4.78 is 7.02. The number of aromatic nitrogens is 2. The summed E-state index contributed by atoms with van der Waals surface area (Å²) in [6.45, 7) is 6.43. The maximum Gasteiger partial charge on any atom is 0.343 e. The lowest BCUT2D eigenvalue weighted by Gasteiger charge is -2.38. The van der Waals surface area contributed by atoms with Crippen molar-refractivity contribution in [3.63, 3.8) is 0 Å². The van der Waals surface area contributed by atoms with Gasteiger partial charge in [-0.2, -0.15) is 5.10 Å². The fraction of sp³-hybridized carbons (Fsp3) is 0.412. The zero-order valence-corrected chi connectivity index (χ0v) is 13.2. The highest BCUT2D eigenvalue weighted by Gasteiger charge is 2.36. The number of hydrogen-bond acceptors (Lipinski definition) is 4. The maximum atomic E-state index is 12.1. The molecule has 1 N–H and O–H groups in total. The van der Waals surface area contributed by atoms with Crippen LogP contribution in [0.4, 0.5) is 5.82 Å². The van der Waals surface area contributed by atoms with E-state index in [4.69, 9.17) is 4.74 Å². The highest BCUT2D eigenvalue weighted by Crippen LogP contribution is 2.39. The third kappa shape index (κ3) is 2.47. The second-order valence-corrected chi connectivity index (χ2v) is 6.16. The molecule has 2 heterocycles. The van der Waals surface area contributed by atoms with Crippen molar-refractivity contribution in [3.05, 3.63) is 47.7 Å². The topological polar surface area (TPSA) is 56.1 Å². The molecule has 0 unspecified atom stereocenters. The number of esters is 1. The minimum atomic E-state index is -0.333. The Morgan fingerprint density at radius 3 is 2.82 bits per heavy atom. The molecule has 116 valence electrons. The number of nitrogens with one attached hydrogen (secondary N) is 1. The summed E-state index contributed by atoms with van der Waals surface area (Å²) in [6, 6.07) is 10.4. The minimum absolute atomic E-state index is 0.147. The standard InChI is InChI=1S/C17H21N3O2/c1-4-22-16(21)13-11-18-20-15(13)19-14(10-17(20,2)3)12-8-6-5-7-9-12/h5-9,11,14,19H,4,10H2,1-3H3/t14-/m1/s1. The molecule has 0 radical (unpaired) electrons. The van der Waals surface area contributed by atoms with E-state index in [1.165, 1.54) is 5.56 Å². The van der Waals surface area contributed by atoms with E-state index >= 15 is 0 Å². The van der Waals surface area contributed by atoms with Crippen LogP contribution in [-0.4, -0.2) is 22.4 Å². The lowest BCUT2D eigenvalue weighted by atomic mass is 9.89. The Morgan fingerprint density at radius 1 is 1.41 bits per heavy atom. The van der Waals surface area contributed by atoms with E-state index in [0.29, 0.717) is 12.2 Å². The van der Waals surface area contributed by atoms with Gasteiger partial charge in [-0.3, -0.25) is 0 Å². The van der Waals surface area contributed by atoms with Crippen LogP contribution >= 0.6 is 0 Å². The van der Waals surface area contributed by atoms with Gasteiger partial charge in [0.25, 0.3) is 0 Å². The first-order chi connectivity index (χ1) is 10.5. The smallest absolute Gasteiger partial charge is 0.343 e. The van der Waals surface area contributed by atoms with E-state index < -0.39 is 0 Å². The Labute approximate surface area is 130 Å². The second-order valence-electron chi connectivity index (χ2n) is 6.16. The fourth-order valence-corrected chi connectivity index (χ4v) is 2.99. The first-order valence-corrected chi connectivity index (χ1v) is 7.60. The number of rotatable bonds is 3. The van der Waals surface area contributed by atoms with Gasteiger partial charge in [0.05, 0.1) is 24.4 Å². The highest BCUT2D eigenvalue weighted by molar-refractivity contribution is 5.94. The number of benzene rings is 1. The van der Waals surface area contributed by atoms with Crippen LogP contribution in [0.15, 0.2) is 36.5 Å². The third-order valence-corrected chi connectivity index (χ3v) is 4.05. The molecule has 1 aliphatic rings. The Hall–Kier alpha value is -2.30. The van der Waals surface area contributed by atoms with Crippen molar-refractivity contribution in [2.45, 2.75) is 38.8 Å². The van der Waals surface area contributed by atoms with Crippen LogP contribution < -0.4 is 5.32 Å². The van der Waals surface area contributed by atoms with Gasteiger partial charge in [0.15, 0.2) is 0 Å². The summed E-state index contributed by atoms with van der Waals surface area (Å²) in [5.41, 5.74) is 1.53. The zero-order valence-electron chi connectivity index (χ0n) is 13.2. The second kappa shape index (κ2) is 5.48. The minimum Gasteiger partial charge on any atom is -0.462 e. The first-order valence-electron chi connectivity index (χ1n) is 7.60. The van der Waals surface area contributed by atoms with E-state index in [-0.39, 0.29) is 17.6 Å². The normalized spacial score (nSPS) is 19.1. The van der Waals surface area contributed by atoms with E-state index in [9.17, 15) is 4.79 Å². The van der Waals surface area contributed by atoms with E-state index in [0.717, 1.165) is 12.2 Å². The molecule has 5 nitrogen and oxygen atoms in total. The van der Waals surface area contributed by atoms with Crippen molar-refractivity contribution in [3.8, 4) is 0 Å². The quantitative estimate of drug-likeness (QED) is 0.883. The van der Waals surface area contributed by atoms with Gasteiger partial charge in [-0.15, -0.1) is 0 Å². The van der Waals surface area contributed by atoms with Crippen LogP contribution in [0.3, 0.4) is 0 Å². The van der Waals surface area contributed by atoms with Crippen LogP contribution in [0.25, 0.3) is 0 Å². The Balaban J connectivity index is 1.99. The van der Waals surface area contributed by atoms with Gasteiger partial charge < -0.3 is 10.1 Å². The number of ether oxygens (including phenoxy) is 1. The van der Waals surface area contributed by atoms with Crippen LogP contribution in [-0.2, 0) is 10.3 Å². The van der Waals surface area contributed by atoms with Gasteiger partial charge in [0.2, 0.25) is 0 Å². The number of carbonyl (C=O) groups excluding carboxylic acids is 1. The van der Waals surface area contributed by atoms with Gasteiger partial charge in [0.1, 0.15) is 11.4 Å². The molecule has 0 saturated carbocycles. The summed E-state index contributed by atoms with van der Waals surface area (Å²) in [7, 11) is 0. The van der Waals surface area contributed by atoms with E-state index in [1.54, 1.807) is 13.1 Å². The number of carbonyl (C=O) groups is 1. The van der Waals surface area contributed by atoms with Crippen molar-refractivity contribution in [1.29, 1.82) is 0 Å². The molecule has 3 rings (SSSR count). The molecule has 1 aromatic carbocycles. The van der Waals surface area contributed by atoms with Crippen LogP contribution in [0, 0.1) is 0 Å². The Kier molecular flexibility index (Phi) is 3.64. The summed E-state index contributed by atoms with van der Waals surface area (Å²) in [4.78, 5) is 12.1. The molecule has 0 bridgehead atoms.